The highest BCUT2D eigenvalue weighted by Gasteiger charge is 2.30. The molecule has 0 spiro atoms. The minimum Gasteiger partial charge on any atom is -0.507 e. The summed E-state index contributed by atoms with van der Waals surface area (Å²) in [6.07, 6.45) is 10.5. The van der Waals surface area contributed by atoms with Gasteiger partial charge in [0.25, 0.3) is 0 Å². The van der Waals surface area contributed by atoms with E-state index in [1.54, 1.807) is 0 Å². The van der Waals surface area contributed by atoms with Gasteiger partial charge in [-0.1, -0.05) is 101 Å². The number of phenols is 2. The maximum absolute atomic E-state index is 11.6. The van der Waals surface area contributed by atoms with Crippen LogP contribution in [0.2, 0.25) is 0 Å². The van der Waals surface area contributed by atoms with Crippen LogP contribution in [-0.4, -0.2) is 83.9 Å². The van der Waals surface area contributed by atoms with Crippen molar-refractivity contribution in [2.45, 2.75) is 143 Å². The van der Waals surface area contributed by atoms with Crippen LogP contribution in [-0.2, 0) is 22.8 Å². The number of likely N-dealkylation sites (N-methyl/N-ethyl adjacent to an activating group) is 1. The average molecular weight is 660 g/mol. The first-order chi connectivity index (χ1) is 22.3. The van der Waals surface area contributed by atoms with E-state index in [9.17, 15) is 10.2 Å². The molecule has 266 valence electrons. The van der Waals surface area contributed by atoms with Gasteiger partial charge in [-0.15, -0.1) is 0 Å². The third kappa shape index (κ3) is 9.72. The summed E-state index contributed by atoms with van der Waals surface area (Å²) in [6, 6.07) is 8.66. The SMILES string of the molecule is CCCC[N+]1(C)CCN(Cc2cc(C(C)(C)C)cc(/C=N/[C@@H]3CCCC[C@H]3/N=C/c3cc(C(C)(C)C)cc(C(C)(C)C)c3O)c2O)CC1. The van der Waals surface area contributed by atoms with E-state index in [4.69, 9.17) is 9.98 Å². The molecule has 0 aromatic heterocycles. The molecule has 2 aliphatic rings. The molecule has 2 atom stereocenters. The Morgan fingerprint density at radius 1 is 0.750 bits per heavy atom. The van der Waals surface area contributed by atoms with Crippen LogP contribution >= 0.6 is 0 Å². The Morgan fingerprint density at radius 2 is 1.25 bits per heavy atom. The maximum atomic E-state index is 11.6. The summed E-state index contributed by atoms with van der Waals surface area (Å²) in [5.74, 6) is 0.680. The van der Waals surface area contributed by atoms with Crippen LogP contribution in [0, 0.1) is 0 Å². The fraction of sp³-hybridized carbons (Fsp3) is 0.667. The second kappa shape index (κ2) is 15.0. The van der Waals surface area contributed by atoms with Gasteiger partial charge in [-0.2, -0.15) is 0 Å². The Kier molecular flexibility index (Phi) is 11.9. The van der Waals surface area contributed by atoms with Crippen LogP contribution in [0.15, 0.2) is 34.3 Å². The Hall–Kier alpha value is -2.70. The monoisotopic (exact) mass is 660 g/mol. The summed E-state index contributed by atoms with van der Waals surface area (Å²) >= 11 is 0. The molecule has 1 aliphatic heterocycles. The highest BCUT2D eigenvalue weighted by molar-refractivity contribution is 5.86. The number of piperazine rings is 1. The lowest BCUT2D eigenvalue weighted by atomic mass is 9.79. The van der Waals surface area contributed by atoms with Crippen molar-refractivity contribution in [3.05, 3.63) is 57.6 Å². The first-order valence-electron chi connectivity index (χ1n) is 18.7. The summed E-state index contributed by atoms with van der Waals surface area (Å²) in [5, 5.41) is 22.9. The van der Waals surface area contributed by atoms with Gasteiger partial charge in [0.05, 0.1) is 38.8 Å². The molecule has 4 rings (SSSR count). The van der Waals surface area contributed by atoms with Crippen molar-refractivity contribution in [1.29, 1.82) is 0 Å². The Labute approximate surface area is 293 Å². The molecule has 2 N–H and O–H groups in total. The number of nitrogens with zero attached hydrogens (tertiary/aromatic N) is 4. The van der Waals surface area contributed by atoms with E-state index in [0.29, 0.717) is 11.5 Å². The smallest absolute Gasteiger partial charge is 0.128 e. The summed E-state index contributed by atoms with van der Waals surface area (Å²) in [6.45, 7) is 28.5. The third-order valence-corrected chi connectivity index (χ3v) is 10.8. The van der Waals surface area contributed by atoms with E-state index < -0.39 is 0 Å². The zero-order valence-corrected chi connectivity index (χ0v) is 32.3. The maximum Gasteiger partial charge on any atom is 0.128 e. The number of hydrogen-bond acceptors (Lipinski definition) is 5. The quantitative estimate of drug-likeness (QED) is 0.209. The summed E-state index contributed by atoms with van der Waals surface area (Å²) in [4.78, 5) is 12.7. The third-order valence-electron chi connectivity index (χ3n) is 10.8. The van der Waals surface area contributed by atoms with E-state index in [2.05, 4.69) is 105 Å². The first kappa shape index (κ1) is 38.1. The number of hydrogen-bond donors (Lipinski definition) is 2. The second-order valence-corrected chi connectivity index (χ2v) is 18.2. The number of phenolic OH excluding ortho intramolecular Hbond substituents is 2. The molecular formula is C42H67N4O2+. The molecule has 1 saturated carbocycles. The molecular weight excluding hydrogens is 592 g/mol. The number of unbranched alkanes of at least 4 members (excludes halogenated alkanes) is 1. The molecule has 6 nitrogen and oxygen atoms in total. The van der Waals surface area contributed by atoms with Crippen LogP contribution in [0.4, 0.5) is 0 Å². The van der Waals surface area contributed by atoms with Gasteiger partial charge in [-0.25, -0.2) is 0 Å². The largest absolute Gasteiger partial charge is 0.507 e. The Bertz CT molecular complexity index is 1450. The number of benzene rings is 2. The molecule has 2 fully saturated rings. The number of aromatic hydroxyl groups is 2. The van der Waals surface area contributed by atoms with Crippen molar-refractivity contribution < 1.29 is 14.7 Å². The van der Waals surface area contributed by atoms with Gasteiger partial charge in [0.2, 0.25) is 0 Å². The van der Waals surface area contributed by atoms with E-state index in [1.807, 2.05) is 12.4 Å². The van der Waals surface area contributed by atoms with Crippen LogP contribution in [0.1, 0.15) is 141 Å². The molecule has 1 aliphatic carbocycles. The van der Waals surface area contributed by atoms with Gasteiger partial charge in [0, 0.05) is 54.3 Å². The van der Waals surface area contributed by atoms with Crippen LogP contribution in [0.5, 0.6) is 11.5 Å². The molecule has 48 heavy (non-hydrogen) atoms. The van der Waals surface area contributed by atoms with E-state index in [0.717, 1.165) is 85.1 Å². The molecule has 2 aromatic carbocycles. The standard InChI is InChI=1S/C42H66N4O2/c1-12-13-20-46(11)21-18-45(19-22-46)29-32-25-33(40(2,3)4)23-30(38(32)47)27-43-36-16-14-15-17-37(36)44-28-31-24-34(41(5,6)7)26-35(39(31)48)42(8,9)10/h23-28,36-37H,12-22,29H2,1-11H3,(H-,43,44,47,48)/p+1/t36-,37-/m1/s1. The zero-order valence-electron chi connectivity index (χ0n) is 32.3. The summed E-state index contributed by atoms with van der Waals surface area (Å²) < 4.78 is 1.15. The molecule has 0 unspecified atom stereocenters. The van der Waals surface area contributed by atoms with Gasteiger partial charge in [0.15, 0.2) is 0 Å². The minimum absolute atomic E-state index is 0.0340. The van der Waals surface area contributed by atoms with Gasteiger partial charge in [-0.3, -0.25) is 14.9 Å². The van der Waals surface area contributed by atoms with E-state index in [-0.39, 0.29) is 28.3 Å². The van der Waals surface area contributed by atoms with Crippen molar-refractivity contribution in [2.24, 2.45) is 9.98 Å². The van der Waals surface area contributed by atoms with Gasteiger partial charge in [-0.05, 0) is 58.8 Å². The average Bonchev–Trinajstić information content (AvgIpc) is 3.00. The molecule has 0 amide bonds. The molecule has 0 radical (unpaired) electrons. The summed E-state index contributed by atoms with van der Waals surface area (Å²) in [7, 11) is 2.40. The number of quaternary nitrogens is 1. The fourth-order valence-electron chi connectivity index (χ4n) is 7.07. The molecule has 2 aromatic rings. The number of aliphatic imine (C=N–C) groups is 2. The van der Waals surface area contributed by atoms with Crippen LogP contribution < -0.4 is 0 Å². The molecule has 1 heterocycles. The zero-order chi connectivity index (χ0) is 35.5. The lowest BCUT2D eigenvalue weighted by molar-refractivity contribution is -0.914. The van der Waals surface area contributed by atoms with E-state index in [1.165, 1.54) is 30.5 Å². The fourth-order valence-corrected chi connectivity index (χ4v) is 7.07. The Balaban J connectivity index is 1.59. The molecule has 6 heteroatoms. The van der Waals surface area contributed by atoms with Crippen LogP contribution in [0.25, 0.3) is 0 Å². The van der Waals surface area contributed by atoms with Crippen molar-refractivity contribution in [3.8, 4) is 11.5 Å². The van der Waals surface area contributed by atoms with Gasteiger partial charge >= 0.3 is 0 Å². The predicted octanol–water partition coefficient (Wildman–Crippen LogP) is 8.90. The van der Waals surface area contributed by atoms with Crippen LogP contribution in [0.3, 0.4) is 0 Å². The number of rotatable bonds is 9. The van der Waals surface area contributed by atoms with Crippen molar-refractivity contribution >= 4 is 12.4 Å². The topological polar surface area (TPSA) is 68.4 Å². The highest BCUT2D eigenvalue weighted by Crippen LogP contribution is 2.38. The van der Waals surface area contributed by atoms with Crippen molar-refractivity contribution in [3.63, 3.8) is 0 Å². The van der Waals surface area contributed by atoms with Crippen molar-refractivity contribution in [1.82, 2.24) is 4.90 Å². The highest BCUT2D eigenvalue weighted by atomic mass is 16.3. The normalized spacial score (nSPS) is 21.4. The summed E-state index contributed by atoms with van der Waals surface area (Å²) in [5.41, 5.74) is 5.68. The molecule has 1 saturated heterocycles. The first-order valence-corrected chi connectivity index (χ1v) is 18.7. The van der Waals surface area contributed by atoms with Crippen molar-refractivity contribution in [2.75, 3.05) is 39.8 Å². The van der Waals surface area contributed by atoms with E-state index >= 15 is 0 Å². The predicted molar refractivity (Wildman–Crippen MR) is 205 cm³/mol. The minimum atomic E-state index is -0.184. The Morgan fingerprint density at radius 3 is 1.73 bits per heavy atom. The second-order valence-electron chi connectivity index (χ2n) is 18.2. The molecule has 0 bridgehead atoms. The van der Waals surface area contributed by atoms with Gasteiger partial charge < -0.3 is 14.7 Å². The van der Waals surface area contributed by atoms with Gasteiger partial charge in [0.1, 0.15) is 11.5 Å². The lowest BCUT2D eigenvalue weighted by Crippen LogP contribution is -2.57. The lowest BCUT2D eigenvalue weighted by Gasteiger charge is -2.42.